The third kappa shape index (κ3) is 53.3. The van der Waals surface area contributed by atoms with Crippen LogP contribution in [0.25, 0.3) is 0 Å². The van der Waals surface area contributed by atoms with Crippen molar-refractivity contribution in [3.63, 3.8) is 0 Å². The van der Waals surface area contributed by atoms with Crippen LogP contribution in [0.15, 0.2) is 0 Å². The van der Waals surface area contributed by atoms with Crippen LogP contribution in [0.4, 0.5) is 0 Å². The van der Waals surface area contributed by atoms with Crippen molar-refractivity contribution in [3.8, 4) is 0 Å². The number of hydrogen-bond acceptors (Lipinski definition) is 6. The highest BCUT2D eigenvalue weighted by Gasteiger charge is 2.24. The molecule has 0 radical (unpaired) electrons. The lowest BCUT2D eigenvalue weighted by Gasteiger charge is -2.30. The molecular weight excluding hydrogens is 864 g/mol. The topological polar surface area (TPSA) is 108 Å². The van der Waals surface area contributed by atoms with E-state index >= 15 is 0 Å². The summed E-state index contributed by atoms with van der Waals surface area (Å²) in [5.74, 6) is -0.156. The molecule has 0 aromatic heterocycles. The highest BCUT2D eigenvalue weighted by Crippen LogP contribution is 2.38. The largest absolute Gasteiger partial charge is 0.756 e. The lowest BCUT2D eigenvalue weighted by atomic mass is 10.0. The van der Waals surface area contributed by atoms with Crippen LogP contribution in [0.2, 0.25) is 0 Å². The Morgan fingerprint density at radius 3 is 1.00 bits per heavy atom. The third-order valence-electron chi connectivity index (χ3n) is 14.3. The van der Waals surface area contributed by atoms with Crippen LogP contribution in [-0.4, -0.2) is 68.5 Å². The molecule has 0 aromatic rings. The summed E-state index contributed by atoms with van der Waals surface area (Å²) in [5.41, 5.74) is 0. The molecule has 1 amide bonds. The van der Waals surface area contributed by atoms with E-state index in [1.54, 1.807) is 0 Å². The summed E-state index contributed by atoms with van der Waals surface area (Å²) < 4.78 is 23.4. The number of likely N-dealkylation sites (N-methyl/N-ethyl adjacent to an activating group) is 1. The zero-order chi connectivity index (χ0) is 49.9. The number of amides is 1. The van der Waals surface area contributed by atoms with Gasteiger partial charge in [-0.05, 0) is 12.8 Å². The third-order valence-corrected chi connectivity index (χ3v) is 15.3. The molecule has 9 heteroatoms. The van der Waals surface area contributed by atoms with Crippen LogP contribution in [0.3, 0.4) is 0 Å². The van der Waals surface area contributed by atoms with Crippen LogP contribution < -0.4 is 10.2 Å². The molecule has 0 saturated heterocycles. The van der Waals surface area contributed by atoms with Crippen LogP contribution in [0, 0.1) is 0 Å². The van der Waals surface area contributed by atoms with Gasteiger partial charge in [0.15, 0.2) is 0 Å². The number of aliphatic hydroxyl groups excluding tert-OH is 1. The molecule has 0 aliphatic heterocycles. The average Bonchev–Trinajstić information content (AvgIpc) is 3.30. The average molecular weight is 986 g/mol. The molecule has 0 heterocycles. The van der Waals surface area contributed by atoms with Gasteiger partial charge in [0.25, 0.3) is 7.82 Å². The first kappa shape index (κ1) is 67.5. The van der Waals surface area contributed by atoms with E-state index in [-0.39, 0.29) is 19.1 Å². The number of phosphoric acid groups is 1. The minimum Gasteiger partial charge on any atom is -0.756 e. The standard InChI is InChI=1S/C59H121N2O6P/c1-6-8-10-12-14-16-18-20-22-23-24-25-26-27-28-29-30-31-32-33-34-35-36-37-39-41-43-45-47-49-51-53-59(63)60-57(56-67-68(64,65)66-55-54-61(3,4)5)58(62)52-50-48-46-44-42-40-38-21-19-17-15-13-11-9-7-2/h57-58,62H,6-56H2,1-5H3,(H-,60,63,64,65). The molecule has 0 spiro atoms. The van der Waals surface area contributed by atoms with Gasteiger partial charge in [-0.25, -0.2) is 0 Å². The lowest BCUT2D eigenvalue weighted by molar-refractivity contribution is -0.870. The Morgan fingerprint density at radius 1 is 0.456 bits per heavy atom. The number of unbranched alkanes of at least 4 members (excludes halogenated alkanes) is 44. The normalized spacial score (nSPS) is 13.8. The molecule has 0 saturated carbocycles. The molecule has 0 aromatic carbocycles. The summed E-state index contributed by atoms with van der Waals surface area (Å²) >= 11 is 0. The van der Waals surface area contributed by atoms with Crippen molar-refractivity contribution in [3.05, 3.63) is 0 Å². The number of carbonyl (C=O) groups excluding carboxylic acids is 1. The molecule has 408 valence electrons. The second kappa shape index (κ2) is 51.4. The summed E-state index contributed by atoms with van der Waals surface area (Å²) in [4.78, 5) is 25.5. The van der Waals surface area contributed by atoms with Crippen LogP contribution >= 0.6 is 7.82 Å². The number of nitrogens with zero attached hydrogens (tertiary/aromatic N) is 1. The van der Waals surface area contributed by atoms with Gasteiger partial charge in [0, 0.05) is 6.42 Å². The molecule has 3 atom stereocenters. The minimum atomic E-state index is -4.57. The molecule has 8 nitrogen and oxygen atoms in total. The number of quaternary nitrogens is 1. The quantitative estimate of drug-likeness (QED) is 0.0357. The van der Waals surface area contributed by atoms with Crippen LogP contribution in [0.1, 0.15) is 322 Å². The molecule has 2 N–H and O–H groups in total. The molecule has 0 bridgehead atoms. The van der Waals surface area contributed by atoms with Gasteiger partial charge in [-0.1, -0.05) is 303 Å². The molecule has 0 aliphatic rings. The maximum Gasteiger partial charge on any atom is 0.268 e. The number of aliphatic hydroxyl groups is 1. The molecule has 0 rings (SSSR count). The Balaban J connectivity index is 3.97. The Hall–Kier alpha value is -0.500. The minimum absolute atomic E-state index is 0.0165. The fourth-order valence-electron chi connectivity index (χ4n) is 9.57. The predicted molar refractivity (Wildman–Crippen MR) is 293 cm³/mol. The Kier molecular flexibility index (Phi) is 51.0. The van der Waals surface area contributed by atoms with Gasteiger partial charge in [-0.3, -0.25) is 9.36 Å². The van der Waals surface area contributed by atoms with Crippen molar-refractivity contribution in [2.45, 2.75) is 334 Å². The fraction of sp³-hybridized carbons (Fsp3) is 0.983. The van der Waals surface area contributed by atoms with Gasteiger partial charge in [0.2, 0.25) is 5.91 Å². The Labute approximate surface area is 425 Å². The van der Waals surface area contributed by atoms with Gasteiger partial charge in [0.05, 0.1) is 39.9 Å². The van der Waals surface area contributed by atoms with E-state index in [1.807, 2.05) is 21.1 Å². The van der Waals surface area contributed by atoms with E-state index in [0.717, 1.165) is 38.5 Å². The van der Waals surface area contributed by atoms with Crippen molar-refractivity contribution >= 4 is 13.7 Å². The summed E-state index contributed by atoms with van der Waals surface area (Å²) in [6.07, 6.45) is 61.5. The molecular formula is C59H121N2O6P. The first-order valence-electron chi connectivity index (χ1n) is 30.4. The first-order chi connectivity index (χ1) is 33.0. The van der Waals surface area contributed by atoms with Gasteiger partial charge < -0.3 is 28.8 Å². The number of nitrogens with one attached hydrogen (secondary N) is 1. The number of carbonyl (C=O) groups is 1. The highest BCUT2D eigenvalue weighted by molar-refractivity contribution is 7.45. The highest BCUT2D eigenvalue weighted by atomic mass is 31.2. The summed E-state index contributed by atoms with van der Waals surface area (Å²) in [7, 11) is 1.33. The second-order valence-electron chi connectivity index (χ2n) is 22.4. The first-order valence-corrected chi connectivity index (χ1v) is 31.8. The molecule has 68 heavy (non-hydrogen) atoms. The van der Waals surface area contributed by atoms with Gasteiger partial charge in [0.1, 0.15) is 13.2 Å². The maximum atomic E-state index is 13.0. The second-order valence-corrected chi connectivity index (χ2v) is 23.8. The summed E-state index contributed by atoms with van der Waals surface area (Å²) in [6.45, 7) is 4.77. The lowest BCUT2D eigenvalue weighted by Crippen LogP contribution is -2.46. The van der Waals surface area contributed by atoms with E-state index in [9.17, 15) is 19.4 Å². The summed E-state index contributed by atoms with van der Waals surface area (Å²) in [5, 5.41) is 14.0. The van der Waals surface area contributed by atoms with Crippen LogP contribution in [0.5, 0.6) is 0 Å². The van der Waals surface area contributed by atoms with E-state index in [0.29, 0.717) is 23.9 Å². The van der Waals surface area contributed by atoms with E-state index in [2.05, 4.69) is 19.2 Å². The zero-order valence-corrected chi connectivity index (χ0v) is 47.5. The van der Waals surface area contributed by atoms with Crippen molar-refractivity contribution in [2.75, 3.05) is 40.9 Å². The van der Waals surface area contributed by atoms with Gasteiger partial charge >= 0.3 is 0 Å². The smallest absolute Gasteiger partial charge is 0.268 e. The SMILES string of the molecule is CCCCCCCCCCCCCCCCCCCCCCCCCCCCCCCCCC(=O)NC(COP(=O)([O-])OCC[N+](C)(C)C)C(O)CCCCCCCCCCCCCCCCC. The van der Waals surface area contributed by atoms with E-state index in [4.69, 9.17) is 9.05 Å². The van der Waals surface area contributed by atoms with Crippen molar-refractivity contribution in [2.24, 2.45) is 0 Å². The number of rotatable bonds is 57. The van der Waals surface area contributed by atoms with Crippen molar-refractivity contribution in [1.82, 2.24) is 5.32 Å². The monoisotopic (exact) mass is 985 g/mol. The van der Waals surface area contributed by atoms with E-state index in [1.165, 1.54) is 257 Å². The Morgan fingerprint density at radius 2 is 0.721 bits per heavy atom. The Bertz CT molecular complexity index is 1070. The fourth-order valence-corrected chi connectivity index (χ4v) is 10.3. The molecule has 3 unspecified atom stereocenters. The molecule has 0 aliphatic carbocycles. The zero-order valence-electron chi connectivity index (χ0n) is 46.6. The van der Waals surface area contributed by atoms with E-state index < -0.39 is 20.0 Å². The van der Waals surface area contributed by atoms with Crippen molar-refractivity contribution in [1.29, 1.82) is 0 Å². The predicted octanol–water partition coefficient (Wildman–Crippen LogP) is 17.8. The number of phosphoric ester groups is 1. The van der Waals surface area contributed by atoms with Crippen LogP contribution in [-0.2, 0) is 18.4 Å². The molecule has 0 fully saturated rings. The maximum absolute atomic E-state index is 13.0. The summed E-state index contributed by atoms with van der Waals surface area (Å²) in [6, 6.07) is -0.795. The van der Waals surface area contributed by atoms with Crippen molar-refractivity contribution < 1.29 is 32.9 Å². The van der Waals surface area contributed by atoms with Gasteiger partial charge in [-0.2, -0.15) is 0 Å². The van der Waals surface area contributed by atoms with Gasteiger partial charge in [-0.15, -0.1) is 0 Å². The number of hydrogen-bond donors (Lipinski definition) is 2.